The highest BCUT2D eigenvalue weighted by molar-refractivity contribution is 9.10. The summed E-state index contributed by atoms with van der Waals surface area (Å²) in [5, 5.41) is 0. The summed E-state index contributed by atoms with van der Waals surface area (Å²) in [5.41, 5.74) is 7.49. The van der Waals surface area contributed by atoms with E-state index in [1.165, 1.54) is 13.4 Å². The standard InChI is InChI=1S/C19H17BrN4O3/c1-24(15-6-4-3-5-14(15)19(25)26-2)17-16(21)18(23-11-22-17)27-13-9-7-12(20)8-10-13/h3-11H,21H2,1-2H3. The van der Waals surface area contributed by atoms with Crippen LogP contribution in [-0.4, -0.2) is 30.1 Å². The zero-order valence-corrected chi connectivity index (χ0v) is 16.3. The van der Waals surface area contributed by atoms with Crippen molar-refractivity contribution < 1.29 is 14.3 Å². The number of methoxy groups -OCH3 is 1. The zero-order chi connectivity index (χ0) is 19.4. The number of esters is 1. The Bertz CT molecular complexity index is 963. The molecule has 0 saturated carbocycles. The van der Waals surface area contributed by atoms with Crippen molar-refractivity contribution in [2.45, 2.75) is 0 Å². The van der Waals surface area contributed by atoms with Crippen molar-refractivity contribution in [3.63, 3.8) is 0 Å². The van der Waals surface area contributed by atoms with E-state index in [4.69, 9.17) is 15.2 Å². The maximum absolute atomic E-state index is 12.0. The van der Waals surface area contributed by atoms with Crippen LogP contribution < -0.4 is 15.4 Å². The highest BCUT2D eigenvalue weighted by atomic mass is 79.9. The monoisotopic (exact) mass is 428 g/mol. The van der Waals surface area contributed by atoms with E-state index in [-0.39, 0.29) is 11.6 Å². The predicted molar refractivity (Wildman–Crippen MR) is 107 cm³/mol. The molecule has 0 fully saturated rings. The third-order valence-electron chi connectivity index (χ3n) is 3.84. The summed E-state index contributed by atoms with van der Waals surface area (Å²) in [6.07, 6.45) is 1.36. The van der Waals surface area contributed by atoms with Gasteiger partial charge in [-0.05, 0) is 36.4 Å². The van der Waals surface area contributed by atoms with E-state index in [0.29, 0.717) is 22.8 Å². The second-order valence-corrected chi connectivity index (χ2v) is 6.46. The summed E-state index contributed by atoms with van der Waals surface area (Å²) in [5.74, 6) is 0.779. The molecule has 2 aromatic carbocycles. The first-order chi connectivity index (χ1) is 13.0. The third kappa shape index (κ3) is 4.01. The Kier molecular flexibility index (Phi) is 5.56. The largest absolute Gasteiger partial charge is 0.465 e. The first kappa shape index (κ1) is 18.7. The molecule has 138 valence electrons. The fraction of sp³-hybridized carbons (Fsp3) is 0.105. The highest BCUT2D eigenvalue weighted by Crippen LogP contribution is 2.35. The van der Waals surface area contributed by atoms with Gasteiger partial charge in [0.2, 0.25) is 5.88 Å². The van der Waals surface area contributed by atoms with Gasteiger partial charge < -0.3 is 20.1 Å². The van der Waals surface area contributed by atoms with Crippen LogP contribution >= 0.6 is 15.9 Å². The van der Waals surface area contributed by atoms with Crippen molar-refractivity contribution in [1.29, 1.82) is 0 Å². The zero-order valence-electron chi connectivity index (χ0n) is 14.7. The second kappa shape index (κ2) is 8.05. The van der Waals surface area contributed by atoms with Gasteiger partial charge in [-0.15, -0.1) is 0 Å². The minimum absolute atomic E-state index is 0.227. The molecule has 1 heterocycles. The molecule has 0 aliphatic carbocycles. The smallest absolute Gasteiger partial charge is 0.339 e. The molecule has 27 heavy (non-hydrogen) atoms. The molecular weight excluding hydrogens is 412 g/mol. The number of nitrogens with two attached hydrogens (primary N) is 1. The number of nitrogen functional groups attached to an aromatic ring is 1. The van der Waals surface area contributed by atoms with Crippen LogP contribution in [0.1, 0.15) is 10.4 Å². The van der Waals surface area contributed by atoms with E-state index in [0.717, 1.165) is 4.47 Å². The van der Waals surface area contributed by atoms with Gasteiger partial charge in [0.25, 0.3) is 0 Å². The van der Waals surface area contributed by atoms with Gasteiger partial charge in [0, 0.05) is 11.5 Å². The van der Waals surface area contributed by atoms with Gasteiger partial charge in [-0.25, -0.2) is 9.78 Å². The number of carbonyl (C=O) groups excluding carboxylic acids is 1. The molecule has 0 saturated heterocycles. The molecule has 0 spiro atoms. The fourth-order valence-electron chi connectivity index (χ4n) is 2.50. The fourth-order valence-corrected chi connectivity index (χ4v) is 2.76. The lowest BCUT2D eigenvalue weighted by Crippen LogP contribution is -2.18. The molecule has 2 N–H and O–H groups in total. The summed E-state index contributed by atoms with van der Waals surface area (Å²) in [4.78, 5) is 22.1. The molecule has 1 aromatic heterocycles. The van der Waals surface area contributed by atoms with E-state index in [1.807, 2.05) is 18.2 Å². The van der Waals surface area contributed by atoms with Crippen molar-refractivity contribution in [3.8, 4) is 11.6 Å². The minimum atomic E-state index is -0.448. The molecule has 0 radical (unpaired) electrons. The quantitative estimate of drug-likeness (QED) is 0.609. The average Bonchev–Trinajstić information content (AvgIpc) is 2.70. The predicted octanol–water partition coefficient (Wildman–Crippen LogP) is 4.17. The van der Waals surface area contributed by atoms with Crippen molar-refractivity contribution in [2.24, 2.45) is 0 Å². The lowest BCUT2D eigenvalue weighted by Gasteiger charge is -2.22. The number of anilines is 3. The first-order valence-corrected chi connectivity index (χ1v) is 8.75. The van der Waals surface area contributed by atoms with E-state index in [2.05, 4.69) is 25.9 Å². The van der Waals surface area contributed by atoms with Crippen LogP contribution in [0.3, 0.4) is 0 Å². The number of hydrogen-bond donors (Lipinski definition) is 1. The van der Waals surface area contributed by atoms with Gasteiger partial charge in [-0.1, -0.05) is 28.1 Å². The summed E-state index contributed by atoms with van der Waals surface area (Å²) in [6, 6.07) is 14.3. The molecule has 0 unspecified atom stereocenters. The van der Waals surface area contributed by atoms with Gasteiger partial charge in [-0.2, -0.15) is 4.98 Å². The van der Waals surface area contributed by atoms with E-state index >= 15 is 0 Å². The van der Waals surface area contributed by atoms with Crippen LogP contribution in [0, 0.1) is 0 Å². The first-order valence-electron chi connectivity index (χ1n) is 7.96. The maximum atomic E-state index is 12.0. The van der Waals surface area contributed by atoms with Crippen molar-refractivity contribution >= 4 is 39.1 Å². The van der Waals surface area contributed by atoms with Crippen LogP contribution in [0.4, 0.5) is 17.2 Å². The lowest BCUT2D eigenvalue weighted by atomic mass is 10.1. The number of ether oxygens (including phenoxy) is 2. The lowest BCUT2D eigenvalue weighted by molar-refractivity contribution is 0.0601. The number of para-hydroxylation sites is 1. The Morgan fingerprint density at radius 2 is 1.81 bits per heavy atom. The minimum Gasteiger partial charge on any atom is -0.465 e. The number of halogens is 1. The van der Waals surface area contributed by atoms with E-state index < -0.39 is 5.97 Å². The molecule has 3 aromatic rings. The normalized spacial score (nSPS) is 10.3. The SMILES string of the molecule is COC(=O)c1ccccc1N(C)c1ncnc(Oc2ccc(Br)cc2)c1N. The average molecular weight is 429 g/mol. The Labute approximate surface area is 164 Å². The van der Waals surface area contributed by atoms with Gasteiger partial charge >= 0.3 is 5.97 Å². The maximum Gasteiger partial charge on any atom is 0.339 e. The molecular formula is C19H17BrN4O3. The Hall–Kier alpha value is -3.13. The summed E-state index contributed by atoms with van der Waals surface area (Å²) >= 11 is 3.38. The number of nitrogens with zero attached hydrogens (tertiary/aromatic N) is 3. The van der Waals surface area contributed by atoms with Crippen molar-refractivity contribution in [2.75, 3.05) is 24.8 Å². The summed E-state index contributed by atoms with van der Waals surface area (Å²) in [7, 11) is 3.09. The number of carbonyl (C=O) groups is 1. The van der Waals surface area contributed by atoms with Crippen LogP contribution in [-0.2, 0) is 4.74 Å². The molecule has 0 aliphatic heterocycles. The highest BCUT2D eigenvalue weighted by Gasteiger charge is 2.20. The van der Waals surface area contributed by atoms with Crippen LogP contribution in [0.25, 0.3) is 0 Å². The van der Waals surface area contributed by atoms with Crippen LogP contribution in [0.15, 0.2) is 59.3 Å². The van der Waals surface area contributed by atoms with Gasteiger partial charge in [-0.3, -0.25) is 0 Å². The van der Waals surface area contributed by atoms with E-state index in [1.54, 1.807) is 42.3 Å². The molecule has 0 amide bonds. The molecule has 0 aliphatic rings. The number of rotatable bonds is 5. The number of hydrogen-bond acceptors (Lipinski definition) is 7. The van der Waals surface area contributed by atoms with Gasteiger partial charge in [0.15, 0.2) is 5.82 Å². The topological polar surface area (TPSA) is 90.6 Å². The molecule has 3 rings (SSSR count). The summed E-state index contributed by atoms with van der Waals surface area (Å²) in [6.45, 7) is 0. The Morgan fingerprint density at radius 1 is 1.11 bits per heavy atom. The van der Waals surface area contributed by atoms with Gasteiger partial charge in [0.1, 0.15) is 17.8 Å². The van der Waals surface area contributed by atoms with Crippen molar-refractivity contribution in [1.82, 2.24) is 9.97 Å². The number of aromatic nitrogens is 2. The number of benzene rings is 2. The second-order valence-electron chi connectivity index (χ2n) is 5.54. The molecule has 8 heteroatoms. The Morgan fingerprint density at radius 3 is 2.52 bits per heavy atom. The van der Waals surface area contributed by atoms with Gasteiger partial charge in [0.05, 0.1) is 18.4 Å². The third-order valence-corrected chi connectivity index (χ3v) is 4.37. The van der Waals surface area contributed by atoms with Crippen LogP contribution in [0.2, 0.25) is 0 Å². The summed E-state index contributed by atoms with van der Waals surface area (Å²) < 4.78 is 11.6. The van der Waals surface area contributed by atoms with E-state index in [9.17, 15) is 4.79 Å². The molecule has 7 nitrogen and oxygen atoms in total. The van der Waals surface area contributed by atoms with Crippen LogP contribution in [0.5, 0.6) is 11.6 Å². The molecule has 0 bridgehead atoms. The van der Waals surface area contributed by atoms with Crippen molar-refractivity contribution in [3.05, 3.63) is 64.9 Å². The molecule has 0 atom stereocenters. The Balaban J connectivity index is 1.96.